The van der Waals surface area contributed by atoms with Crippen LogP contribution >= 0.6 is 0 Å². The molecule has 0 radical (unpaired) electrons. The fourth-order valence-corrected chi connectivity index (χ4v) is 2.05. The largest absolute Gasteiger partial charge is 0.508 e. The smallest absolute Gasteiger partial charge is 0.438 e. The van der Waals surface area contributed by atoms with Crippen molar-refractivity contribution in [3.63, 3.8) is 0 Å². The molecule has 0 amide bonds. The van der Waals surface area contributed by atoms with Gasteiger partial charge in [0.25, 0.3) is 0 Å². The lowest BCUT2D eigenvalue weighted by Gasteiger charge is -2.25. The van der Waals surface area contributed by atoms with Crippen LogP contribution in [-0.4, -0.2) is 46.1 Å². The van der Waals surface area contributed by atoms with Gasteiger partial charge in [0.1, 0.15) is 12.4 Å². The van der Waals surface area contributed by atoms with Crippen molar-refractivity contribution in [2.24, 2.45) is 0 Å². The summed E-state index contributed by atoms with van der Waals surface area (Å²) in [5, 5.41) is 13.4. The second-order valence-electron chi connectivity index (χ2n) is 4.59. The van der Waals surface area contributed by atoms with E-state index in [9.17, 15) is 9.90 Å². The van der Waals surface area contributed by atoms with Crippen LogP contribution < -0.4 is 5.76 Å². The normalized spacial score (nSPS) is 16.4. The zero-order valence-electron chi connectivity index (χ0n) is 10.9. The summed E-state index contributed by atoms with van der Waals surface area (Å²) in [5.41, 5.74) is 0.653. The molecule has 1 N–H and O–H groups in total. The van der Waals surface area contributed by atoms with Gasteiger partial charge < -0.3 is 14.3 Å². The average Bonchev–Trinajstić information content (AvgIpc) is 2.82. The molecule has 7 nitrogen and oxygen atoms in total. The summed E-state index contributed by atoms with van der Waals surface area (Å²) in [6, 6.07) is 6.35. The van der Waals surface area contributed by atoms with Gasteiger partial charge in [0.2, 0.25) is 5.89 Å². The Morgan fingerprint density at radius 2 is 1.90 bits per heavy atom. The lowest BCUT2D eigenvalue weighted by molar-refractivity contribution is 0.0202. The number of hydrogen-bond acceptors (Lipinski definition) is 6. The van der Waals surface area contributed by atoms with E-state index >= 15 is 0 Å². The molecule has 1 aliphatic heterocycles. The molecular formula is C13H15N3O4. The maximum Gasteiger partial charge on any atom is 0.438 e. The van der Waals surface area contributed by atoms with Gasteiger partial charge in [-0.15, -0.1) is 5.10 Å². The van der Waals surface area contributed by atoms with Crippen LogP contribution in [0.2, 0.25) is 0 Å². The predicted octanol–water partition coefficient (Wildman–Crippen LogP) is 0.499. The van der Waals surface area contributed by atoms with Crippen LogP contribution in [0.5, 0.6) is 5.75 Å². The number of morpholine rings is 1. The monoisotopic (exact) mass is 277 g/mol. The molecule has 7 heteroatoms. The van der Waals surface area contributed by atoms with Gasteiger partial charge in [0.05, 0.1) is 13.2 Å². The molecule has 0 unspecified atom stereocenters. The molecule has 0 saturated carbocycles. The molecule has 1 fully saturated rings. The van der Waals surface area contributed by atoms with Crippen LogP contribution in [0.1, 0.15) is 0 Å². The number of aromatic hydroxyl groups is 1. The van der Waals surface area contributed by atoms with E-state index < -0.39 is 5.76 Å². The van der Waals surface area contributed by atoms with E-state index in [0.717, 1.165) is 13.1 Å². The molecule has 0 spiro atoms. The predicted molar refractivity (Wildman–Crippen MR) is 70.3 cm³/mol. The van der Waals surface area contributed by atoms with Crippen LogP contribution in [0.15, 0.2) is 33.5 Å². The molecule has 2 aromatic rings. The standard InChI is InChI=1S/C13H15N3O4/c17-11-3-1-10(2-4-11)12-14-16(13(18)20-12)9-15-5-7-19-8-6-15/h1-4,17H,5-9H2. The second kappa shape index (κ2) is 5.48. The first-order valence-electron chi connectivity index (χ1n) is 6.40. The Hall–Kier alpha value is -2.12. The highest BCUT2D eigenvalue weighted by atomic mass is 16.5. The van der Waals surface area contributed by atoms with Gasteiger partial charge in [-0.2, -0.15) is 4.68 Å². The van der Waals surface area contributed by atoms with Crippen LogP contribution in [0.3, 0.4) is 0 Å². The highest BCUT2D eigenvalue weighted by molar-refractivity contribution is 5.53. The molecule has 2 heterocycles. The first kappa shape index (κ1) is 12.9. The molecule has 106 valence electrons. The van der Waals surface area contributed by atoms with E-state index in [0.29, 0.717) is 25.4 Å². The fraction of sp³-hybridized carbons (Fsp3) is 0.385. The van der Waals surface area contributed by atoms with Crippen LogP contribution in [0, 0.1) is 0 Å². The molecule has 0 aliphatic carbocycles. The van der Waals surface area contributed by atoms with Crippen LogP contribution in [0.4, 0.5) is 0 Å². The molecule has 20 heavy (non-hydrogen) atoms. The fourth-order valence-electron chi connectivity index (χ4n) is 2.05. The molecule has 1 aromatic heterocycles. The molecule has 0 bridgehead atoms. The summed E-state index contributed by atoms with van der Waals surface area (Å²) in [5.74, 6) is -0.0772. The Morgan fingerprint density at radius 1 is 1.20 bits per heavy atom. The van der Waals surface area contributed by atoms with Gasteiger partial charge in [-0.05, 0) is 24.3 Å². The minimum absolute atomic E-state index is 0.156. The molecule has 1 aliphatic rings. The summed E-state index contributed by atoms with van der Waals surface area (Å²) < 4.78 is 11.7. The minimum Gasteiger partial charge on any atom is -0.508 e. The number of ether oxygens (including phenoxy) is 1. The van der Waals surface area contributed by atoms with E-state index in [2.05, 4.69) is 10.00 Å². The van der Waals surface area contributed by atoms with Crippen molar-refractivity contribution in [2.45, 2.75) is 6.67 Å². The Balaban J connectivity index is 1.79. The van der Waals surface area contributed by atoms with Crippen molar-refractivity contribution in [1.29, 1.82) is 0 Å². The molecule has 1 aromatic carbocycles. The highest BCUT2D eigenvalue weighted by Gasteiger charge is 2.15. The van der Waals surface area contributed by atoms with Crippen LogP contribution in [-0.2, 0) is 11.4 Å². The van der Waals surface area contributed by atoms with E-state index in [4.69, 9.17) is 9.15 Å². The second-order valence-corrected chi connectivity index (χ2v) is 4.59. The number of phenolic OH excluding ortho intramolecular Hbond substituents is 1. The van der Waals surface area contributed by atoms with E-state index in [1.165, 1.54) is 16.8 Å². The summed E-state index contributed by atoms with van der Waals surface area (Å²) in [6.07, 6.45) is 0. The third kappa shape index (κ3) is 2.73. The third-order valence-corrected chi connectivity index (χ3v) is 3.16. The maximum absolute atomic E-state index is 11.8. The quantitative estimate of drug-likeness (QED) is 0.880. The van der Waals surface area contributed by atoms with E-state index in [-0.39, 0.29) is 11.6 Å². The summed E-state index contributed by atoms with van der Waals surface area (Å²) in [6.45, 7) is 3.26. The lowest BCUT2D eigenvalue weighted by atomic mass is 10.2. The van der Waals surface area contributed by atoms with Gasteiger partial charge in [0, 0.05) is 18.7 Å². The van der Waals surface area contributed by atoms with Gasteiger partial charge >= 0.3 is 5.76 Å². The van der Waals surface area contributed by atoms with Crippen molar-refractivity contribution in [2.75, 3.05) is 26.3 Å². The summed E-state index contributed by atoms with van der Waals surface area (Å²) >= 11 is 0. The number of aromatic nitrogens is 2. The number of rotatable bonds is 3. The number of hydrogen-bond donors (Lipinski definition) is 1. The van der Waals surface area contributed by atoms with Crippen molar-refractivity contribution < 1.29 is 14.3 Å². The summed E-state index contributed by atoms with van der Waals surface area (Å²) in [7, 11) is 0. The Kier molecular flexibility index (Phi) is 3.53. The highest BCUT2D eigenvalue weighted by Crippen LogP contribution is 2.18. The average molecular weight is 277 g/mol. The maximum atomic E-state index is 11.8. The Bertz CT molecular complexity index is 626. The SMILES string of the molecule is O=c1oc(-c2ccc(O)cc2)nn1CN1CCOCC1. The third-order valence-electron chi connectivity index (χ3n) is 3.16. The molecule has 0 atom stereocenters. The molecule has 1 saturated heterocycles. The van der Waals surface area contributed by atoms with Gasteiger partial charge in [-0.3, -0.25) is 4.90 Å². The first-order valence-corrected chi connectivity index (χ1v) is 6.40. The summed E-state index contributed by atoms with van der Waals surface area (Å²) in [4.78, 5) is 13.9. The first-order chi connectivity index (χ1) is 9.72. The van der Waals surface area contributed by atoms with Gasteiger partial charge in [0.15, 0.2) is 0 Å². The van der Waals surface area contributed by atoms with E-state index in [1.807, 2.05) is 0 Å². The van der Waals surface area contributed by atoms with Crippen molar-refractivity contribution in [1.82, 2.24) is 14.7 Å². The molecule has 3 rings (SSSR count). The zero-order valence-corrected chi connectivity index (χ0v) is 10.9. The lowest BCUT2D eigenvalue weighted by Crippen LogP contribution is -2.39. The van der Waals surface area contributed by atoms with E-state index in [1.54, 1.807) is 12.1 Å². The van der Waals surface area contributed by atoms with Crippen molar-refractivity contribution in [3.05, 3.63) is 34.8 Å². The van der Waals surface area contributed by atoms with Crippen molar-refractivity contribution in [3.8, 4) is 17.2 Å². The van der Waals surface area contributed by atoms with Crippen molar-refractivity contribution >= 4 is 0 Å². The minimum atomic E-state index is -0.487. The number of nitrogens with zero attached hydrogens (tertiary/aromatic N) is 3. The van der Waals surface area contributed by atoms with Gasteiger partial charge in [-0.1, -0.05) is 0 Å². The zero-order chi connectivity index (χ0) is 13.9. The number of phenols is 1. The molecular weight excluding hydrogens is 262 g/mol. The Morgan fingerprint density at radius 3 is 2.60 bits per heavy atom. The Labute approximate surface area is 115 Å². The van der Waals surface area contributed by atoms with Gasteiger partial charge in [-0.25, -0.2) is 4.79 Å². The number of benzene rings is 1. The topological polar surface area (TPSA) is 80.7 Å². The van der Waals surface area contributed by atoms with Crippen LogP contribution in [0.25, 0.3) is 11.5 Å².